The maximum absolute atomic E-state index is 13.1. The van der Waals surface area contributed by atoms with Gasteiger partial charge in [-0.05, 0) is 33.2 Å². The van der Waals surface area contributed by atoms with E-state index in [4.69, 9.17) is 5.11 Å². The molecule has 1 N–H and O–H groups in total. The first kappa shape index (κ1) is 12.4. The van der Waals surface area contributed by atoms with E-state index in [0.29, 0.717) is 19.4 Å². The molecule has 0 aliphatic carbocycles. The summed E-state index contributed by atoms with van der Waals surface area (Å²) in [7, 11) is 0. The summed E-state index contributed by atoms with van der Waals surface area (Å²) in [6.07, 6.45) is 1.12. The van der Waals surface area contributed by atoms with Gasteiger partial charge < -0.3 is 5.11 Å². The van der Waals surface area contributed by atoms with Crippen LogP contribution in [-0.2, 0) is 4.79 Å². The number of carbonyl (C=O) groups is 1. The highest BCUT2D eigenvalue weighted by molar-refractivity contribution is 5.72. The summed E-state index contributed by atoms with van der Waals surface area (Å²) < 4.78 is 26.1. The number of aliphatic carboxylic acids is 1. The zero-order valence-corrected chi connectivity index (χ0v) is 9.04. The molecule has 15 heavy (non-hydrogen) atoms. The third-order valence-electron chi connectivity index (χ3n) is 3.07. The van der Waals surface area contributed by atoms with Crippen molar-refractivity contribution in [1.29, 1.82) is 0 Å². The van der Waals surface area contributed by atoms with Gasteiger partial charge in [-0.15, -0.1) is 0 Å². The number of hydrogen-bond acceptors (Lipinski definition) is 2. The monoisotopic (exact) mass is 221 g/mol. The summed E-state index contributed by atoms with van der Waals surface area (Å²) in [6, 6.07) is -0.671. The largest absolute Gasteiger partial charge is 0.480 e. The summed E-state index contributed by atoms with van der Waals surface area (Å²) in [5.41, 5.74) is 0. The first-order chi connectivity index (χ1) is 6.82. The van der Waals surface area contributed by atoms with E-state index in [0.717, 1.165) is 6.92 Å². The highest BCUT2D eigenvalue weighted by Gasteiger charge is 2.38. The Kier molecular flexibility index (Phi) is 3.65. The first-order valence-electron chi connectivity index (χ1n) is 5.17. The Morgan fingerprint density at radius 2 is 2.20 bits per heavy atom. The van der Waals surface area contributed by atoms with Crippen molar-refractivity contribution >= 4 is 5.97 Å². The zero-order chi connectivity index (χ0) is 11.6. The quantitative estimate of drug-likeness (QED) is 0.790. The minimum absolute atomic E-state index is 0.178. The number of alkyl halides is 2. The number of carboxylic acids is 1. The summed E-state index contributed by atoms with van der Waals surface area (Å²) in [5, 5.41) is 8.79. The van der Waals surface area contributed by atoms with E-state index >= 15 is 0 Å². The summed E-state index contributed by atoms with van der Waals surface area (Å²) in [5.74, 6) is -4.38. The van der Waals surface area contributed by atoms with Crippen molar-refractivity contribution < 1.29 is 18.7 Å². The molecule has 1 aliphatic heterocycles. The lowest BCUT2D eigenvalue weighted by molar-refractivity contribution is -0.145. The highest BCUT2D eigenvalue weighted by atomic mass is 19.3. The average molecular weight is 221 g/mol. The van der Waals surface area contributed by atoms with Crippen molar-refractivity contribution in [1.82, 2.24) is 4.90 Å². The van der Waals surface area contributed by atoms with Gasteiger partial charge in [-0.25, -0.2) is 8.78 Å². The Balaban J connectivity index is 2.60. The van der Waals surface area contributed by atoms with E-state index < -0.39 is 23.9 Å². The van der Waals surface area contributed by atoms with Gasteiger partial charge in [0.25, 0.3) is 0 Å². The van der Waals surface area contributed by atoms with Crippen LogP contribution in [0.5, 0.6) is 0 Å². The fraction of sp³-hybridized carbons (Fsp3) is 0.900. The Labute approximate surface area is 88.1 Å². The van der Waals surface area contributed by atoms with Crippen LogP contribution in [0.2, 0.25) is 0 Å². The number of carboxylic acid groups (broad SMARTS) is 1. The molecule has 0 spiro atoms. The maximum atomic E-state index is 13.1. The lowest BCUT2D eigenvalue weighted by Crippen LogP contribution is -2.48. The van der Waals surface area contributed by atoms with Gasteiger partial charge in [0.05, 0.1) is 0 Å². The van der Waals surface area contributed by atoms with Gasteiger partial charge in [-0.3, -0.25) is 9.69 Å². The van der Waals surface area contributed by atoms with Crippen LogP contribution in [-0.4, -0.2) is 41.0 Å². The van der Waals surface area contributed by atoms with E-state index in [9.17, 15) is 13.6 Å². The lowest BCUT2D eigenvalue weighted by Gasteiger charge is -2.37. The molecule has 5 heteroatoms. The number of likely N-dealkylation sites (tertiary alicyclic amines) is 1. The van der Waals surface area contributed by atoms with Gasteiger partial charge in [0.15, 0.2) is 0 Å². The van der Waals surface area contributed by atoms with Crippen LogP contribution in [0.3, 0.4) is 0 Å². The minimum atomic E-state index is -2.71. The second-order valence-corrected chi connectivity index (χ2v) is 4.30. The lowest BCUT2D eigenvalue weighted by atomic mass is 9.92. The summed E-state index contributed by atoms with van der Waals surface area (Å²) in [6.45, 7) is 3.22. The molecular formula is C10H17F2NO2. The molecule has 0 saturated carbocycles. The van der Waals surface area contributed by atoms with Crippen molar-refractivity contribution in [3.63, 3.8) is 0 Å². The van der Waals surface area contributed by atoms with Crippen molar-refractivity contribution in [2.75, 3.05) is 13.1 Å². The Hall–Kier alpha value is -0.710. The molecule has 0 amide bonds. The third kappa shape index (κ3) is 3.12. The van der Waals surface area contributed by atoms with Crippen LogP contribution in [0.4, 0.5) is 8.78 Å². The maximum Gasteiger partial charge on any atom is 0.320 e. The minimum Gasteiger partial charge on any atom is -0.480 e. The molecule has 1 saturated heterocycles. The molecule has 0 bridgehead atoms. The van der Waals surface area contributed by atoms with Gasteiger partial charge >= 0.3 is 5.97 Å². The Morgan fingerprint density at radius 3 is 2.67 bits per heavy atom. The molecule has 88 valence electrons. The van der Waals surface area contributed by atoms with Crippen molar-refractivity contribution in [3.05, 3.63) is 0 Å². The average Bonchev–Trinajstić information content (AvgIpc) is 2.15. The van der Waals surface area contributed by atoms with E-state index in [1.165, 1.54) is 0 Å². The van der Waals surface area contributed by atoms with E-state index in [1.807, 2.05) is 0 Å². The number of rotatable bonds is 3. The molecule has 1 rings (SSSR count). The van der Waals surface area contributed by atoms with Gasteiger partial charge in [0.2, 0.25) is 5.92 Å². The van der Waals surface area contributed by atoms with Crippen LogP contribution in [0.15, 0.2) is 0 Å². The van der Waals surface area contributed by atoms with Crippen molar-refractivity contribution in [3.8, 4) is 0 Å². The molecule has 1 fully saturated rings. The fourth-order valence-electron chi connectivity index (χ4n) is 1.93. The van der Waals surface area contributed by atoms with Crippen LogP contribution >= 0.6 is 0 Å². The number of piperidine rings is 1. The molecule has 3 nitrogen and oxygen atoms in total. The molecule has 0 aromatic rings. The van der Waals surface area contributed by atoms with Crippen molar-refractivity contribution in [2.45, 2.75) is 38.7 Å². The van der Waals surface area contributed by atoms with Crippen LogP contribution in [0, 0.1) is 5.92 Å². The molecule has 2 unspecified atom stereocenters. The standard InChI is InChI=1S/C10H17F2NO2/c1-7(9(14)15)13-5-3-4-8(6-13)10(2,11)12/h7-8H,3-6H2,1-2H3,(H,14,15). The van der Waals surface area contributed by atoms with Crippen molar-refractivity contribution in [2.24, 2.45) is 5.92 Å². The molecular weight excluding hydrogens is 204 g/mol. The zero-order valence-electron chi connectivity index (χ0n) is 9.04. The number of halogens is 2. The Morgan fingerprint density at radius 1 is 1.60 bits per heavy atom. The third-order valence-corrected chi connectivity index (χ3v) is 3.07. The second kappa shape index (κ2) is 4.43. The van der Waals surface area contributed by atoms with E-state index in [2.05, 4.69) is 0 Å². The molecule has 0 aromatic carbocycles. The highest BCUT2D eigenvalue weighted by Crippen LogP contribution is 2.32. The van der Waals surface area contributed by atoms with E-state index in [-0.39, 0.29) is 6.54 Å². The Bertz CT molecular complexity index is 240. The molecule has 2 atom stereocenters. The SMILES string of the molecule is CC(C(=O)O)N1CCCC(C(C)(F)F)C1. The second-order valence-electron chi connectivity index (χ2n) is 4.30. The number of hydrogen-bond donors (Lipinski definition) is 1. The molecule has 0 radical (unpaired) electrons. The van der Waals surface area contributed by atoms with Crippen LogP contribution < -0.4 is 0 Å². The van der Waals surface area contributed by atoms with E-state index in [1.54, 1.807) is 11.8 Å². The smallest absolute Gasteiger partial charge is 0.320 e. The molecule has 1 aliphatic rings. The topological polar surface area (TPSA) is 40.5 Å². The molecule has 1 heterocycles. The predicted molar refractivity (Wildman–Crippen MR) is 52.0 cm³/mol. The summed E-state index contributed by atoms with van der Waals surface area (Å²) in [4.78, 5) is 12.3. The van der Waals surface area contributed by atoms with Crippen LogP contribution in [0.1, 0.15) is 26.7 Å². The number of nitrogens with zero attached hydrogens (tertiary/aromatic N) is 1. The van der Waals surface area contributed by atoms with Gasteiger partial charge in [-0.1, -0.05) is 0 Å². The fourth-order valence-corrected chi connectivity index (χ4v) is 1.93. The van der Waals surface area contributed by atoms with Gasteiger partial charge in [0.1, 0.15) is 6.04 Å². The predicted octanol–water partition coefficient (Wildman–Crippen LogP) is 1.83. The summed E-state index contributed by atoms with van der Waals surface area (Å²) >= 11 is 0. The normalized spacial score (nSPS) is 26.3. The van der Waals surface area contributed by atoms with Crippen LogP contribution in [0.25, 0.3) is 0 Å². The van der Waals surface area contributed by atoms with Gasteiger partial charge in [-0.2, -0.15) is 0 Å². The molecule has 0 aromatic heterocycles. The van der Waals surface area contributed by atoms with Gasteiger partial charge in [0, 0.05) is 12.5 Å². The first-order valence-corrected chi connectivity index (χ1v) is 5.17.